The van der Waals surface area contributed by atoms with Gasteiger partial charge in [-0.05, 0) is 27.0 Å². The van der Waals surface area contributed by atoms with Crippen LogP contribution in [0.4, 0.5) is 0 Å². The zero-order valence-electron chi connectivity index (χ0n) is 10.5. The minimum absolute atomic E-state index is 0.156. The molecular formula is C11H17ClN2O2S. The molecule has 0 saturated heterocycles. The number of halogens is 1. The summed E-state index contributed by atoms with van der Waals surface area (Å²) in [6.45, 7) is 6.96. The summed E-state index contributed by atoms with van der Waals surface area (Å²) < 4.78 is 11.0. The van der Waals surface area contributed by atoms with Crippen molar-refractivity contribution in [3.63, 3.8) is 0 Å². The minimum atomic E-state index is -0.156. The number of hydrogen-bond acceptors (Lipinski definition) is 5. The lowest BCUT2D eigenvalue weighted by atomic mass is 10.2. The van der Waals surface area contributed by atoms with E-state index in [1.165, 1.54) is 11.8 Å². The van der Waals surface area contributed by atoms with E-state index in [1.54, 1.807) is 6.07 Å². The Kier molecular flexibility index (Phi) is 5.49. The highest BCUT2D eigenvalue weighted by Gasteiger charge is 2.09. The molecular weight excluding hydrogens is 260 g/mol. The standard InChI is InChI=1S/C11H17ClN2O2S/c1-11(2,3)16-6-5-15-9-7-8(12)13-10(14-9)17-4/h7H,5-6H2,1-4H3. The van der Waals surface area contributed by atoms with E-state index in [9.17, 15) is 0 Å². The predicted molar refractivity (Wildman–Crippen MR) is 70.0 cm³/mol. The summed E-state index contributed by atoms with van der Waals surface area (Å²) in [5.41, 5.74) is -0.156. The van der Waals surface area contributed by atoms with Gasteiger partial charge in [0.1, 0.15) is 11.8 Å². The molecule has 1 rings (SSSR count). The molecule has 1 aromatic rings. The Bertz CT molecular complexity index is 369. The molecule has 0 N–H and O–H groups in total. The lowest BCUT2D eigenvalue weighted by Gasteiger charge is -2.19. The van der Waals surface area contributed by atoms with Gasteiger partial charge >= 0.3 is 0 Å². The van der Waals surface area contributed by atoms with Gasteiger partial charge in [0.05, 0.1) is 12.2 Å². The van der Waals surface area contributed by atoms with E-state index < -0.39 is 0 Å². The van der Waals surface area contributed by atoms with Gasteiger partial charge in [-0.15, -0.1) is 0 Å². The molecule has 0 aliphatic rings. The Morgan fingerprint density at radius 1 is 1.29 bits per heavy atom. The molecule has 0 fully saturated rings. The van der Waals surface area contributed by atoms with Gasteiger partial charge in [-0.3, -0.25) is 0 Å². The summed E-state index contributed by atoms with van der Waals surface area (Å²) in [6, 6.07) is 1.60. The van der Waals surface area contributed by atoms with Crippen LogP contribution in [-0.4, -0.2) is 35.0 Å². The van der Waals surface area contributed by atoms with Crippen LogP contribution < -0.4 is 4.74 Å². The van der Waals surface area contributed by atoms with Gasteiger partial charge < -0.3 is 9.47 Å². The van der Waals surface area contributed by atoms with Crippen LogP contribution in [0.3, 0.4) is 0 Å². The number of hydrogen-bond donors (Lipinski definition) is 0. The van der Waals surface area contributed by atoms with Crippen molar-refractivity contribution in [1.29, 1.82) is 0 Å². The average Bonchev–Trinajstić information content (AvgIpc) is 2.22. The third-order valence-electron chi connectivity index (χ3n) is 1.70. The van der Waals surface area contributed by atoms with Crippen LogP contribution >= 0.6 is 23.4 Å². The number of thioether (sulfide) groups is 1. The van der Waals surface area contributed by atoms with Crippen LogP contribution in [0.1, 0.15) is 20.8 Å². The highest BCUT2D eigenvalue weighted by molar-refractivity contribution is 7.98. The number of nitrogens with zero attached hydrogens (tertiary/aromatic N) is 2. The highest BCUT2D eigenvalue weighted by atomic mass is 35.5. The van der Waals surface area contributed by atoms with E-state index in [1.807, 2.05) is 27.0 Å². The second-order valence-electron chi connectivity index (χ2n) is 4.32. The van der Waals surface area contributed by atoms with Crippen LogP contribution in [0, 0.1) is 0 Å². The molecule has 0 radical (unpaired) electrons. The molecule has 0 saturated carbocycles. The first-order valence-electron chi connectivity index (χ1n) is 5.26. The van der Waals surface area contributed by atoms with E-state index in [4.69, 9.17) is 21.1 Å². The highest BCUT2D eigenvalue weighted by Crippen LogP contribution is 2.18. The van der Waals surface area contributed by atoms with E-state index >= 15 is 0 Å². The second-order valence-corrected chi connectivity index (χ2v) is 5.49. The largest absolute Gasteiger partial charge is 0.475 e. The third kappa shape index (κ3) is 6.10. The molecule has 4 nitrogen and oxygen atoms in total. The van der Waals surface area contributed by atoms with Gasteiger partial charge in [-0.25, -0.2) is 4.98 Å². The summed E-state index contributed by atoms with van der Waals surface area (Å²) in [7, 11) is 0. The van der Waals surface area contributed by atoms with E-state index in [2.05, 4.69) is 9.97 Å². The van der Waals surface area contributed by atoms with Crippen molar-refractivity contribution in [2.24, 2.45) is 0 Å². The molecule has 0 aliphatic carbocycles. The fraction of sp³-hybridized carbons (Fsp3) is 0.636. The summed E-state index contributed by atoms with van der Waals surface area (Å²) >= 11 is 7.26. The molecule has 0 atom stereocenters. The number of ether oxygens (including phenoxy) is 2. The number of rotatable bonds is 5. The lowest BCUT2D eigenvalue weighted by Crippen LogP contribution is -2.22. The van der Waals surface area contributed by atoms with Crippen LogP contribution in [0.25, 0.3) is 0 Å². The van der Waals surface area contributed by atoms with E-state index in [0.717, 1.165) is 0 Å². The summed E-state index contributed by atoms with van der Waals surface area (Å²) in [5.74, 6) is 0.479. The van der Waals surface area contributed by atoms with Gasteiger partial charge in [-0.1, -0.05) is 23.4 Å². The molecule has 1 aromatic heterocycles. The summed E-state index contributed by atoms with van der Waals surface area (Å²) in [5, 5.41) is 0.986. The molecule has 1 heterocycles. The van der Waals surface area contributed by atoms with Gasteiger partial charge in [0.15, 0.2) is 5.16 Å². The minimum Gasteiger partial charge on any atom is -0.475 e. The van der Waals surface area contributed by atoms with Crippen LogP contribution in [0.2, 0.25) is 5.15 Å². The van der Waals surface area contributed by atoms with Crippen molar-refractivity contribution < 1.29 is 9.47 Å². The molecule has 0 bridgehead atoms. The van der Waals surface area contributed by atoms with Crippen molar-refractivity contribution in [2.75, 3.05) is 19.5 Å². The van der Waals surface area contributed by atoms with Crippen molar-refractivity contribution >= 4 is 23.4 Å². The lowest BCUT2D eigenvalue weighted by molar-refractivity contribution is -0.0168. The fourth-order valence-corrected chi connectivity index (χ4v) is 1.63. The maximum absolute atomic E-state index is 5.84. The van der Waals surface area contributed by atoms with Crippen molar-refractivity contribution in [2.45, 2.75) is 31.5 Å². The maximum atomic E-state index is 5.84. The second kappa shape index (κ2) is 6.42. The topological polar surface area (TPSA) is 44.2 Å². The normalized spacial score (nSPS) is 11.6. The average molecular weight is 277 g/mol. The first-order valence-corrected chi connectivity index (χ1v) is 6.86. The molecule has 0 spiro atoms. The third-order valence-corrected chi connectivity index (χ3v) is 2.44. The molecule has 6 heteroatoms. The SMILES string of the molecule is CSc1nc(Cl)cc(OCCOC(C)(C)C)n1. The van der Waals surface area contributed by atoms with Gasteiger partial charge in [0.2, 0.25) is 5.88 Å². The molecule has 96 valence electrons. The van der Waals surface area contributed by atoms with E-state index in [0.29, 0.717) is 29.4 Å². The molecule has 0 aromatic carbocycles. The predicted octanol–water partition coefficient (Wildman–Crippen LogP) is 3.05. The summed E-state index contributed by atoms with van der Waals surface area (Å²) in [4.78, 5) is 8.20. The quantitative estimate of drug-likeness (QED) is 0.358. The van der Waals surface area contributed by atoms with E-state index in [-0.39, 0.29) is 5.60 Å². The van der Waals surface area contributed by atoms with Gasteiger partial charge in [-0.2, -0.15) is 4.98 Å². The Morgan fingerprint density at radius 2 is 2.00 bits per heavy atom. The van der Waals surface area contributed by atoms with Gasteiger partial charge in [0.25, 0.3) is 0 Å². The zero-order chi connectivity index (χ0) is 12.9. The van der Waals surface area contributed by atoms with Crippen LogP contribution in [0.5, 0.6) is 5.88 Å². The first kappa shape index (κ1) is 14.5. The zero-order valence-corrected chi connectivity index (χ0v) is 12.1. The smallest absolute Gasteiger partial charge is 0.218 e. The van der Waals surface area contributed by atoms with Crippen LogP contribution in [0.15, 0.2) is 11.2 Å². The molecule has 0 unspecified atom stereocenters. The van der Waals surface area contributed by atoms with Crippen molar-refractivity contribution in [3.05, 3.63) is 11.2 Å². The molecule has 0 amide bonds. The Labute approximate surface area is 111 Å². The Balaban J connectivity index is 2.44. The summed E-state index contributed by atoms with van der Waals surface area (Å²) in [6.07, 6.45) is 1.89. The molecule has 0 aliphatic heterocycles. The monoisotopic (exact) mass is 276 g/mol. The number of aromatic nitrogens is 2. The molecule has 17 heavy (non-hydrogen) atoms. The van der Waals surface area contributed by atoms with Crippen molar-refractivity contribution in [1.82, 2.24) is 9.97 Å². The van der Waals surface area contributed by atoms with Crippen LogP contribution in [-0.2, 0) is 4.74 Å². The fourth-order valence-electron chi connectivity index (χ4n) is 1.04. The van der Waals surface area contributed by atoms with Crippen molar-refractivity contribution in [3.8, 4) is 5.88 Å². The Morgan fingerprint density at radius 3 is 2.59 bits per heavy atom. The Hall–Kier alpha value is -0.520. The maximum Gasteiger partial charge on any atom is 0.218 e. The first-order chi connectivity index (χ1) is 7.90. The van der Waals surface area contributed by atoms with Gasteiger partial charge in [0, 0.05) is 6.07 Å².